The van der Waals surface area contributed by atoms with E-state index in [2.05, 4.69) is 68.9 Å². The van der Waals surface area contributed by atoms with Gasteiger partial charge < -0.3 is 4.57 Å². The van der Waals surface area contributed by atoms with Crippen molar-refractivity contribution in [1.82, 2.24) is 24.1 Å². The third-order valence-corrected chi connectivity index (χ3v) is 5.63. The minimum absolute atomic E-state index is 0.601. The van der Waals surface area contributed by atoms with Gasteiger partial charge in [0.25, 0.3) is 0 Å². The van der Waals surface area contributed by atoms with Crippen molar-refractivity contribution in [3.05, 3.63) is 52.6 Å². The van der Waals surface area contributed by atoms with Gasteiger partial charge in [-0.1, -0.05) is 42.5 Å². The highest BCUT2D eigenvalue weighted by Crippen LogP contribution is 2.35. The molecule has 2 aliphatic rings. The van der Waals surface area contributed by atoms with Gasteiger partial charge in [0.1, 0.15) is 5.82 Å². The second kappa shape index (κ2) is 7.86. The molecule has 5 nitrogen and oxygen atoms in total. The summed E-state index contributed by atoms with van der Waals surface area (Å²) in [6.45, 7) is 8.21. The lowest BCUT2D eigenvalue weighted by molar-refractivity contribution is 0.110. The van der Waals surface area contributed by atoms with E-state index in [0.29, 0.717) is 6.04 Å². The van der Waals surface area contributed by atoms with Gasteiger partial charge in [0.15, 0.2) is 4.77 Å². The summed E-state index contributed by atoms with van der Waals surface area (Å²) >= 11 is 5.64. The van der Waals surface area contributed by atoms with Crippen LogP contribution in [-0.4, -0.2) is 56.9 Å². The van der Waals surface area contributed by atoms with Crippen LogP contribution in [0.1, 0.15) is 30.3 Å². The predicted octanol–water partition coefficient (Wildman–Crippen LogP) is 3.35. The Bertz CT molecular complexity index is 810. The lowest BCUT2D eigenvalue weighted by Gasteiger charge is -2.33. The van der Waals surface area contributed by atoms with Gasteiger partial charge in [-0.2, -0.15) is 5.10 Å². The summed E-state index contributed by atoms with van der Waals surface area (Å²) < 4.78 is 5.13. The third-order valence-electron chi connectivity index (χ3n) is 5.23. The Morgan fingerprint density at radius 1 is 1.08 bits per heavy atom. The molecule has 1 aromatic carbocycles. The van der Waals surface area contributed by atoms with Crippen LogP contribution in [0.4, 0.5) is 0 Å². The number of rotatable bonds is 6. The van der Waals surface area contributed by atoms with Crippen LogP contribution in [0.25, 0.3) is 6.08 Å². The molecule has 138 valence electrons. The molecular formula is C20H27N5S. The zero-order valence-electron chi connectivity index (χ0n) is 15.4. The lowest BCUT2D eigenvalue weighted by Crippen LogP contribution is -2.46. The number of piperazine rings is 1. The minimum atomic E-state index is 0.601. The van der Waals surface area contributed by atoms with Crippen molar-refractivity contribution >= 4 is 18.3 Å². The van der Waals surface area contributed by atoms with Crippen LogP contribution in [0.2, 0.25) is 0 Å². The molecule has 1 saturated heterocycles. The number of nitrogens with zero attached hydrogens (tertiary/aromatic N) is 5. The lowest BCUT2D eigenvalue weighted by atomic mass is 10.2. The van der Waals surface area contributed by atoms with Crippen molar-refractivity contribution in [2.45, 2.75) is 32.5 Å². The molecule has 2 aromatic rings. The first-order valence-electron chi connectivity index (χ1n) is 9.53. The molecule has 2 fully saturated rings. The molecule has 4 rings (SSSR count). The maximum Gasteiger partial charge on any atom is 0.199 e. The molecule has 0 bridgehead atoms. The van der Waals surface area contributed by atoms with Gasteiger partial charge in [-0.25, -0.2) is 4.68 Å². The van der Waals surface area contributed by atoms with Crippen molar-refractivity contribution < 1.29 is 0 Å². The molecular weight excluding hydrogens is 342 g/mol. The smallest absolute Gasteiger partial charge is 0.199 e. The van der Waals surface area contributed by atoms with Crippen molar-refractivity contribution in [1.29, 1.82) is 0 Å². The Hall–Kier alpha value is -1.76. The van der Waals surface area contributed by atoms with Gasteiger partial charge in [-0.3, -0.25) is 9.80 Å². The predicted molar refractivity (Wildman–Crippen MR) is 108 cm³/mol. The first kappa shape index (κ1) is 17.6. The monoisotopic (exact) mass is 369 g/mol. The van der Waals surface area contributed by atoms with E-state index in [1.165, 1.54) is 18.4 Å². The minimum Gasteiger partial charge on any atom is -0.301 e. The standard InChI is InChI=1S/C20H27N5S/c1-17-21-24(20(26)25(17)19-9-10-19)16-23-14-12-22(13-15-23)11-5-8-18-6-3-2-4-7-18/h2-8,19H,9-16H2,1H3/b8-5+. The quantitative estimate of drug-likeness (QED) is 0.731. The third kappa shape index (κ3) is 4.14. The summed E-state index contributed by atoms with van der Waals surface area (Å²) in [5.74, 6) is 1.06. The van der Waals surface area contributed by atoms with Crippen LogP contribution in [0, 0.1) is 11.7 Å². The molecule has 6 heteroatoms. The van der Waals surface area contributed by atoms with Crippen LogP contribution < -0.4 is 0 Å². The number of benzene rings is 1. The number of hydrogen-bond acceptors (Lipinski definition) is 4. The van der Waals surface area contributed by atoms with Crippen molar-refractivity contribution in [3.63, 3.8) is 0 Å². The maximum absolute atomic E-state index is 5.64. The molecule has 2 heterocycles. The average molecular weight is 370 g/mol. The molecule has 0 unspecified atom stereocenters. The number of aryl methyl sites for hydroxylation is 1. The van der Waals surface area contributed by atoms with Crippen LogP contribution in [-0.2, 0) is 6.67 Å². The first-order chi connectivity index (χ1) is 12.7. The topological polar surface area (TPSA) is 29.2 Å². The molecule has 0 atom stereocenters. The zero-order chi connectivity index (χ0) is 17.9. The van der Waals surface area contributed by atoms with Crippen LogP contribution in [0.5, 0.6) is 0 Å². The highest BCUT2D eigenvalue weighted by molar-refractivity contribution is 7.71. The van der Waals surface area contributed by atoms with Crippen molar-refractivity contribution in [3.8, 4) is 0 Å². The van der Waals surface area contributed by atoms with Gasteiger partial charge >= 0.3 is 0 Å². The van der Waals surface area contributed by atoms with Crippen molar-refractivity contribution in [2.75, 3.05) is 32.7 Å². The van der Waals surface area contributed by atoms with Gasteiger partial charge in [0, 0.05) is 38.8 Å². The molecule has 0 N–H and O–H groups in total. The molecule has 1 aliphatic carbocycles. The summed E-state index contributed by atoms with van der Waals surface area (Å²) in [5, 5.41) is 4.68. The highest BCUT2D eigenvalue weighted by atomic mass is 32.1. The van der Waals surface area contributed by atoms with E-state index in [-0.39, 0.29) is 0 Å². The van der Waals surface area contributed by atoms with E-state index in [1.807, 2.05) is 4.68 Å². The van der Waals surface area contributed by atoms with Gasteiger partial charge in [0.2, 0.25) is 0 Å². The Morgan fingerprint density at radius 2 is 1.77 bits per heavy atom. The largest absolute Gasteiger partial charge is 0.301 e. The van der Waals surface area contributed by atoms with Crippen molar-refractivity contribution in [2.24, 2.45) is 0 Å². The normalized spacial score (nSPS) is 19.4. The molecule has 1 aliphatic heterocycles. The molecule has 0 amide bonds. The SMILES string of the molecule is Cc1nn(CN2CCN(C/C=C/c3ccccc3)CC2)c(=S)n1C1CC1. The van der Waals surface area contributed by atoms with E-state index in [0.717, 1.165) is 50.0 Å². The Kier molecular flexibility index (Phi) is 5.33. The molecule has 1 saturated carbocycles. The molecule has 26 heavy (non-hydrogen) atoms. The Balaban J connectivity index is 1.27. The summed E-state index contributed by atoms with van der Waals surface area (Å²) in [6, 6.07) is 11.1. The summed E-state index contributed by atoms with van der Waals surface area (Å²) in [6.07, 6.45) is 6.97. The summed E-state index contributed by atoms with van der Waals surface area (Å²) in [5.41, 5.74) is 1.27. The van der Waals surface area contributed by atoms with Crippen LogP contribution in [0.3, 0.4) is 0 Å². The fourth-order valence-corrected chi connectivity index (χ4v) is 3.96. The molecule has 0 radical (unpaired) electrons. The van der Waals surface area contributed by atoms with Gasteiger partial charge in [-0.15, -0.1) is 0 Å². The van der Waals surface area contributed by atoms with E-state index in [1.54, 1.807) is 0 Å². The Morgan fingerprint density at radius 3 is 2.46 bits per heavy atom. The zero-order valence-corrected chi connectivity index (χ0v) is 16.2. The fraction of sp³-hybridized carbons (Fsp3) is 0.500. The Labute approximate surface area is 160 Å². The first-order valence-corrected chi connectivity index (χ1v) is 9.94. The second-order valence-corrected chi connectivity index (χ2v) is 7.67. The van der Waals surface area contributed by atoms with E-state index in [4.69, 9.17) is 12.2 Å². The number of aromatic nitrogens is 3. The van der Waals surface area contributed by atoms with Gasteiger partial charge in [0.05, 0.1) is 6.67 Å². The van der Waals surface area contributed by atoms with Crippen LogP contribution in [0.15, 0.2) is 36.4 Å². The second-order valence-electron chi connectivity index (χ2n) is 7.30. The van der Waals surface area contributed by atoms with Crippen LogP contribution >= 0.6 is 12.2 Å². The number of hydrogen-bond donors (Lipinski definition) is 0. The summed E-state index contributed by atoms with van der Waals surface area (Å²) in [7, 11) is 0. The van der Waals surface area contributed by atoms with E-state index >= 15 is 0 Å². The van der Waals surface area contributed by atoms with E-state index in [9.17, 15) is 0 Å². The molecule has 0 spiro atoms. The fourth-order valence-electron chi connectivity index (χ4n) is 3.58. The van der Waals surface area contributed by atoms with Gasteiger partial charge in [-0.05, 0) is 37.5 Å². The highest BCUT2D eigenvalue weighted by Gasteiger charge is 2.27. The van der Waals surface area contributed by atoms with E-state index < -0.39 is 0 Å². The summed E-state index contributed by atoms with van der Waals surface area (Å²) in [4.78, 5) is 4.96. The average Bonchev–Trinajstić information content (AvgIpc) is 3.44. The maximum atomic E-state index is 5.64. The molecule has 1 aromatic heterocycles.